The van der Waals surface area contributed by atoms with Gasteiger partial charge in [-0.25, -0.2) is 15.0 Å². The summed E-state index contributed by atoms with van der Waals surface area (Å²) in [5.41, 5.74) is 1.82. The standard InChI is InChI=1S/3C15H14ClNO3.Al/c3*1-2-13(15(18)19)10-3-8-14(17-9-10)20-12-6-4-11(16)5-7-12;/h3*3-9,13H,2H2,1H3,(H,18,19);/q;;;+3/p-3. The minimum Gasteiger partial charge on any atom is -0.549 e. The van der Waals surface area contributed by atoms with Gasteiger partial charge in [0, 0.05) is 87.5 Å². The molecule has 3 aromatic carbocycles. The average molecular weight is 899 g/mol. The van der Waals surface area contributed by atoms with Crippen LogP contribution in [0.2, 0.25) is 15.1 Å². The molecule has 0 saturated heterocycles. The minimum atomic E-state index is -1.10. The number of nitrogens with zero attached hydrogens (tertiary/aromatic N) is 3. The molecular formula is C45H39AlCl3N3O9. The third kappa shape index (κ3) is 16.0. The molecule has 0 radical (unpaired) electrons. The monoisotopic (exact) mass is 897 g/mol. The van der Waals surface area contributed by atoms with E-state index in [0.717, 1.165) is 0 Å². The molecule has 6 aromatic rings. The fraction of sp³-hybridized carbons (Fsp3) is 0.200. The molecule has 6 rings (SSSR count). The summed E-state index contributed by atoms with van der Waals surface area (Å²) in [6, 6.07) is 30.6. The van der Waals surface area contributed by atoms with Crippen LogP contribution in [0.25, 0.3) is 0 Å². The van der Waals surface area contributed by atoms with Crippen molar-refractivity contribution in [1.29, 1.82) is 0 Å². The van der Waals surface area contributed by atoms with Crippen LogP contribution < -0.4 is 29.5 Å². The fourth-order valence-electron chi connectivity index (χ4n) is 5.46. The van der Waals surface area contributed by atoms with Gasteiger partial charge in [-0.2, -0.15) is 0 Å². The number of hydrogen-bond donors (Lipinski definition) is 0. The second kappa shape index (κ2) is 25.2. The molecule has 3 unspecified atom stereocenters. The summed E-state index contributed by atoms with van der Waals surface area (Å²) in [6.07, 6.45) is 5.86. The molecule has 61 heavy (non-hydrogen) atoms. The summed E-state index contributed by atoms with van der Waals surface area (Å²) in [4.78, 5) is 45.2. The van der Waals surface area contributed by atoms with Crippen LogP contribution in [0.3, 0.4) is 0 Å². The molecule has 0 aliphatic heterocycles. The van der Waals surface area contributed by atoms with Gasteiger partial charge in [0.1, 0.15) is 17.2 Å². The molecule has 0 aliphatic carbocycles. The molecule has 3 aromatic heterocycles. The second-order valence-corrected chi connectivity index (χ2v) is 14.1. The Labute approximate surface area is 379 Å². The number of pyridine rings is 3. The van der Waals surface area contributed by atoms with Crippen LogP contribution in [0.4, 0.5) is 0 Å². The number of halogens is 3. The van der Waals surface area contributed by atoms with Crippen LogP contribution in [-0.4, -0.2) is 50.2 Å². The maximum atomic E-state index is 11.0. The molecule has 0 spiro atoms. The summed E-state index contributed by atoms with van der Waals surface area (Å²) < 4.78 is 16.6. The quantitative estimate of drug-likeness (QED) is 0.0908. The summed E-state index contributed by atoms with van der Waals surface area (Å²) >= 11 is 17.3. The number of benzene rings is 3. The van der Waals surface area contributed by atoms with E-state index in [1.807, 2.05) is 0 Å². The minimum absolute atomic E-state index is 0. The van der Waals surface area contributed by atoms with Crippen LogP contribution in [0.15, 0.2) is 128 Å². The van der Waals surface area contributed by atoms with Gasteiger partial charge in [-0.1, -0.05) is 73.8 Å². The van der Waals surface area contributed by atoms with E-state index < -0.39 is 35.7 Å². The van der Waals surface area contributed by atoms with E-state index in [0.29, 0.717) is 85.9 Å². The van der Waals surface area contributed by atoms with Gasteiger partial charge in [0.15, 0.2) is 0 Å². The molecule has 0 aliphatic rings. The molecule has 0 N–H and O–H groups in total. The summed E-state index contributed by atoms with van der Waals surface area (Å²) in [5, 5.41) is 34.7. The van der Waals surface area contributed by atoms with Crippen LogP contribution in [0.1, 0.15) is 74.5 Å². The molecule has 3 atom stereocenters. The maximum absolute atomic E-state index is 11.0. The first-order valence-electron chi connectivity index (χ1n) is 18.6. The smallest absolute Gasteiger partial charge is 0.549 e. The average Bonchev–Trinajstić information content (AvgIpc) is 3.23. The fourth-order valence-corrected chi connectivity index (χ4v) is 5.84. The molecule has 0 saturated carbocycles. The van der Waals surface area contributed by atoms with E-state index in [2.05, 4.69) is 15.0 Å². The maximum Gasteiger partial charge on any atom is 3.00 e. The van der Waals surface area contributed by atoms with Gasteiger partial charge >= 0.3 is 17.4 Å². The zero-order valence-electron chi connectivity index (χ0n) is 33.2. The Morgan fingerprint density at radius 1 is 0.443 bits per heavy atom. The Morgan fingerprint density at radius 3 is 0.836 bits per heavy atom. The summed E-state index contributed by atoms with van der Waals surface area (Å²) in [5.74, 6) is -2.21. The van der Waals surface area contributed by atoms with Crippen molar-refractivity contribution in [2.75, 3.05) is 0 Å². The van der Waals surface area contributed by atoms with Crippen LogP contribution in [-0.2, 0) is 14.4 Å². The van der Waals surface area contributed by atoms with Crippen molar-refractivity contribution in [2.24, 2.45) is 0 Å². The van der Waals surface area contributed by atoms with E-state index in [4.69, 9.17) is 49.0 Å². The summed E-state index contributed by atoms with van der Waals surface area (Å²) in [7, 11) is 0. The Morgan fingerprint density at radius 2 is 0.672 bits per heavy atom. The van der Waals surface area contributed by atoms with E-state index in [1.165, 1.54) is 18.6 Å². The first kappa shape index (κ1) is 49.7. The van der Waals surface area contributed by atoms with Crippen molar-refractivity contribution in [1.82, 2.24) is 15.0 Å². The molecular weight excluding hydrogens is 860 g/mol. The third-order valence-corrected chi connectivity index (χ3v) is 9.43. The van der Waals surface area contributed by atoms with E-state index in [9.17, 15) is 29.7 Å². The topological polar surface area (TPSA) is 187 Å². The molecule has 16 heteroatoms. The predicted molar refractivity (Wildman–Crippen MR) is 227 cm³/mol. The van der Waals surface area contributed by atoms with Gasteiger partial charge in [-0.3, -0.25) is 0 Å². The van der Waals surface area contributed by atoms with Crippen molar-refractivity contribution in [3.05, 3.63) is 160 Å². The third-order valence-electron chi connectivity index (χ3n) is 8.67. The van der Waals surface area contributed by atoms with Crippen molar-refractivity contribution in [3.63, 3.8) is 0 Å². The van der Waals surface area contributed by atoms with E-state index in [-0.39, 0.29) is 17.4 Å². The summed E-state index contributed by atoms with van der Waals surface area (Å²) in [6.45, 7) is 5.37. The number of aromatic nitrogens is 3. The van der Waals surface area contributed by atoms with Gasteiger partial charge < -0.3 is 43.9 Å². The van der Waals surface area contributed by atoms with Crippen LogP contribution >= 0.6 is 34.8 Å². The van der Waals surface area contributed by atoms with Crippen LogP contribution in [0.5, 0.6) is 34.9 Å². The second-order valence-electron chi connectivity index (χ2n) is 12.8. The molecule has 312 valence electrons. The van der Waals surface area contributed by atoms with E-state index in [1.54, 1.807) is 130 Å². The number of hydrogen-bond acceptors (Lipinski definition) is 12. The van der Waals surface area contributed by atoms with Gasteiger partial charge in [0.25, 0.3) is 0 Å². The Balaban J connectivity index is 0.000000242. The number of carboxylic acid groups (broad SMARTS) is 3. The van der Waals surface area contributed by atoms with Gasteiger partial charge in [0.05, 0.1) is 0 Å². The Hall–Kier alpha value is -5.68. The van der Waals surface area contributed by atoms with Gasteiger partial charge in [-0.15, -0.1) is 0 Å². The first-order valence-corrected chi connectivity index (χ1v) is 19.7. The Bertz CT molecular complexity index is 2010. The number of carbonyl (C=O) groups is 3. The zero-order chi connectivity index (χ0) is 43.6. The molecule has 0 amide bonds. The van der Waals surface area contributed by atoms with Gasteiger partial charge in [0.2, 0.25) is 17.6 Å². The number of aliphatic carboxylic acids is 3. The SMILES string of the molecule is CCC(C(=O)[O-])c1ccc(Oc2ccc(Cl)cc2)nc1.CCC(C(=O)[O-])c1ccc(Oc2ccc(Cl)cc2)nc1.CCC(C(=O)[O-])c1ccc(Oc2ccc(Cl)cc2)nc1.[Al+3]. The van der Waals surface area contributed by atoms with E-state index >= 15 is 0 Å². The largest absolute Gasteiger partial charge is 3.00 e. The predicted octanol–water partition coefficient (Wildman–Crippen LogP) is 7.93. The molecule has 0 fully saturated rings. The van der Waals surface area contributed by atoms with Crippen molar-refractivity contribution < 1.29 is 43.9 Å². The van der Waals surface area contributed by atoms with Crippen molar-refractivity contribution >= 4 is 70.1 Å². The zero-order valence-corrected chi connectivity index (χ0v) is 36.6. The molecule has 3 heterocycles. The number of carbonyl (C=O) groups excluding carboxylic acids is 3. The first-order chi connectivity index (χ1) is 28.8. The Kier molecular flexibility index (Phi) is 20.5. The number of rotatable bonds is 15. The van der Waals surface area contributed by atoms with Crippen LogP contribution in [0, 0.1) is 0 Å². The molecule has 0 bridgehead atoms. The molecule has 12 nitrogen and oxygen atoms in total. The van der Waals surface area contributed by atoms with Gasteiger partial charge in [-0.05, 0) is 109 Å². The number of carboxylic acids is 3. The van der Waals surface area contributed by atoms with Crippen molar-refractivity contribution in [3.8, 4) is 34.9 Å². The van der Waals surface area contributed by atoms with Crippen molar-refractivity contribution in [2.45, 2.75) is 57.8 Å². The number of ether oxygens (including phenoxy) is 3. The normalized spacial score (nSPS) is 11.7.